The zero-order valence-corrected chi connectivity index (χ0v) is 12.5. The van der Waals surface area contributed by atoms with Crippen LogP contribution in [0, 0.1) is 5.82 Å². The number of carbonyl (C=O) groups excluding carboxylic acids is 1. The lowest BCUT2D eigenvalue weighted by Crippen LogP contribution is -1.93. The molecule has 2 nitrogen and oxygen atoms in total. The summed E-state index contributed by atoms with van der Waals surface area (Å²) in [6, 6.07) is 9.49. The lowest BCUT2D eigenvalue weighted by Gasteiger charge is -1.94. The van der Waals surface area contributed by atoms with Crippen molar-refractivity contribution in [2.24, 2.45) is 0 Å². The van der Waals surface area contributed by atoms with Crippen LogP contribution < -0.4 is 0 Å². The van der Waals surface area contributed by atoms with Crippen molar-refractivity contribution in [3.8, 4) is 9.88 Å². The van der Waals surface area contributed by atoms with Gasteiger partial charge >= 0.3 is 0 Å². The zero-order valence-electron chi connectivity index (χ0n) is 10.8. The third kappa shape index (κ3) is 3.32. The zero-order chi connectivity index (χ0) is 14.7. The van der Waals surface area contributed by atoms with Gasteiger partial charge in [-0.25, -0.2) is 9.37 Å². The predicted octanol–water partition coefficient (Wildman–Crippen LogP) is 4.91. The number of allylic oxidation sites excluding steroid dienone is 1. The van der Waals surface area contributed by atoms with Crippen LogP contribution in [0.15, 0.2) is 53.2 Å². The molecule has 0 spiro atoms. The van der Waals surface area contributed by atoms with Gasteiger partial charge < -0.3 is 0 Å². The van der Waals surface area contributed by atoms with Crippen LogP contribution in [0.5, 0.6) is 0 Å². The van der Waals surface area contributed by atoms with Crippen LogP contribution in [0.25, 0.3) is 16.0 Å². The highest BCUT2D eigenvalue weighted by atomic mass is 32.1. The van der Waals surface area contributed by atoms with Gasteiger partial charge in [-0.05, 0) is 47.9 Å². The maximum Gasteiger partial charge on any atom is 0.185 e. The van der Waals surface area contributed by atoms with E-state index in [0.717, 1.165) is 15.6 Å². The molecule has 0 saturated heterocycles. The fourth-order valence-corrected chi connectivity index (χ4v) is 3.35. The normalized spacial score (nSPS) is 11.1. The second-order valence-corrected chi connectivity index (χ2v) is 6.07. The Balaban J connectivity index is 1.74. The van der Waals surface area contributed by atoms with Crippen molar-refractivity contribution in [2.75, 3.05) is 0 Å². The summed E-state index contributed by atoms with van der Waals surface area (Å²) in [4.78, 5) is 17.5. The summed E-state index contributed by atoms with van der Waals surface area (Å²) in [5.74, 6) is -0.517. The smallest absolute Gasteiger partial charge is 0.185 e. The monoisotopic (exact) mass is 315 g/mol. The first-order valence-corrected chi connectivity index (χ1v) is 7.96. The molecule has 3 rings (SSSR count). The number of thiophene rings is 1. The summed E-state index contributed by atoms with van der Waals surface area (Å²) in [6.45, 7) is 0. The molecule has 0 aliphatic carbocycles. The molecule has 0 aliphatic rings. The molecule has 0 aliphatic heterocycles. The van der Waals surface area contributed by atoms with Crippen molar-refractivity contribution in [1.29, 1.82) is 0 Å². The number of ketones is 1. The van der Waals surface area contributed by atoms with Crippen molar-refractivity contribution in [1.82, 2.24) is 4.98 Å². The number of hydrogen-bond donors (Lipinski definition) is 0. The summed E-state index contributed by atoms with van der Waals surface area (Å²) in [5, 5.41) is 4.85. The Bertz CT molecular complexity index is 773. The van der Waals surface area contributed by atoms with Crippen LogP contribution in [-0.2, 0) is 0 Å². The molecule has 0 saturated carbocycles. The van der Waals surface area contributed by atoms with E-state index in [1.165, 1.54) is 30.3 Å². The van der Waals surface area contributed by atoms with E-state index in [2.05, 4.69) is 4.98 Å². The molecule has 0 radical (unpaired) electrons. The maximum absolute atomic E-state index is 12.8. The van der Waals surface area contributed by atoms with Crippen LogP contribution in [0.3, 0.4) is 0 Å². The van der Waals surface area contributed by atoms with E-state index in [1.807, 2.05) is 22.9 Å². The molecule has 0 N–H and O–H groups in total. The minimum absolute atomic E-state index is 0.166. The average molecular weight is 315 g/mol. The molecule has 3 aromatic rings. The molecule has 0 atom stereocenters. The van der Waals surface area contributed by atoms with Gasteiger partial charge in [0.2, 0.25) is 0 Å². The van der Waals surface area contributed by atoms with E-state index >= 15 is 0 Å². The second kappa shape index (κ2) is 6.11. The summed E-state index contributed by atoms with van der Waals surface area (Å²) >= 11 is 3.18. The van der Waals surface area contributed by atoms with Crippen LogP contribution in [0.2, 0.25) is 0 Å². The molecule has 0 fully saturated rings. The molecule has 2 aromatic heterocycles. The molecule has 5 heteroatoms. The summed E-state index contributed by atoms with van der Waals surface area (Å²) in [6.07, 6.45) is 3.14. The van der Waals surface area contributed by atoms with Gasteiger partial charge in [0.15, 0.2) is 5.78 Å². The van der Waals surface area contributed by atoms with Gasteiger partial charge in [0, 0.05) is 10.9 Å². The molecule has 0 unspecified atom stereocenters. The highest BCUT2D eigenvalue weighted by Gasteiger charge is 2.05. The van der Waals surface area contributed by atoms with Crippen LogP contribution in [-0.4, -0.2) is 10.8 Å². The van der Waals surface area contributed by atoms with E-state index in [9.17, 15) is 9.18 Å². The van der Waals surface area contributed by atoms with E-state index in [4.69, 9.17) is 0 Å². The predicted molar refractivity (Wildman–Crippen MR) is 85.2 cm³/mol. The van der Waals surface area contributed by atoms with Crippen LogP contribution in [0.4, 0.5) is 4.39 Å². The van der Waals surface area contributed by atoms with Gasteiger partial charge in [-0.3, -0.25) is 4.79 Å². The number of benzene rings is 1. The van der Waals surface area contributed by atoms with E-state index in [1.54, 1.807) is 28.7 Å². The van der Waals surface area contributed by atoms with Crippen LogP contribution >= 0.6 is 22.7 Å². The SMILES string of the molecule is O=C(C=Cc1csc(-c2cccs2)n1)c1ccc(F)cc1. The molecular formula is C16H10FNOS2. The molecule has 104 valence electrons. The van der Waals surface area contributed by atoms with Crippen molar-refractivity contribution >= 4 is 34.5 Å². The lowest BCUT2D eigenvalue weighted by atomic mass is 10.1. The first-order chi connectivity index (χ1) is 10.2. The summed E-state index contributed by atoms with van der Waals surface area (Å²) < 4.78 is 12.8. The molecule has 0 amide bonds. The Labute approximate surface area is 129 Å². The number of nitrogens with zero attached hydrogens (tertiary/aromatic N) is 1. The number of hydrogen-bond acceptors (Lipinski definition) is 4. The van der Waals surface area contributed by atoms with Crippen molar-refractivity contribution in [3.05, 3.63) is 70.3 Å². The van der Waals surface area contributed by atoms with Crippen LogP contribution in [0.1, 0.15) is 16.1 Å². The van der Waals surface area contributed by atoms with Crippen molar-refractivity contribution in [2.45, 2.75) is 0 Å². The van der Waals surface area contributed by atoms with Gasteiger partial charge in [-0.15, -0.1) is 22.7 Å². The first kappa shape index (κ1) is 13.9. The first-order valence-electron chi connectivity index (χ1n) is 6.20. The van der Waals surface area contributed by atoms with Gasteiger partial charge in [0.1, 0.15) is 10.8 Å². The third-order valence-corrected chi connectivity index (χ3v) is 4.69. The van der Waals surface area contributed by atoms with Gasteiger partial charge in [0.25, 0.3) is 0 Å². The molecule has 2 heterocycles. The van der Waals surface area contributed by atoms with Gasteiger partial charge in [-0.2, -0.15) is 0 Å². The maximum atomic E-state index is 12.8. The van der Waals surface area contributed by atoms with E-state index in [-0.39, 0.29) is 11.6 Å². The largest absolute Gasteiger partial charge is 0.289 e. The average Bonchev–Trinajstić information content (AvgIpc) is 3.16. The minimum Gasteiger partial charge on any atom is -0.289 e. The molecule has 1 aromatic carbocycles. The second-order valence-electron chi connectivity index (χ2n) is 4.26. The summed E-state index contributed by atoms with van der Waals surface area (Å²) in [7, 11) is 0. The Kier molecular flexibility index (Phi) is 4.03. The highest BCUT2D eigenvalue weighted by Crippen LogP contribution is 2.28. The number of aromatic nitrogens is 1. The fraction of sp³-hybridized carbons (Fsp3) is 0. The molecule has 21 heavy (non-hydrogen) atoms. The fourth-order valence-electron chi connectivity index (χ4n) is 1.75. The lowest BCUT2D eigenvalue weighted by molar-refractivity contribution is 0.104. The van der Waals surface area contributed by atoms with Gasteiger partial charge in [-0.1, -0.05) is 6.07 Å². The van der Waals surface area contributed by atoms with E-state index in [0.29, 0.717) is 5.56 Å². The Hall–Kier alpha value is -2.11. The van der Waals surface area contributed by atoms with E-state index < -0.39 is 0 Å². The molecular weight excluding hydrogens is 305 g/mol. The highest BCUT2D eigenvalue weighted by molar-refractivity contribution is 7.20. The standard InChI is InChI=1S/C16H10FNOS2/c17-12-5-3-11(4-6-12)14(19)8-7-13-10-21-16(18-13)15-2-1-9-20-15/h1-10H. The van der Waals surface area contributed by atoms with Crippen molar-refractivity contribution in [3.63, 3.8) is 0 Å². The molecule has 0 bridgehead atoms. The van der Waals surface area contributed by atoms with Gasteiger partial charge in [0.05, 0.1) is 10.6 Å². The minimum atomic E-state index is -0.351. The number of rotatable bonds is 4. The topological polar surface area (TPSA) is 30.0 Å². The Morgan fingerprint density at radius 1 is 1.14 bits per heavy atom. The quantitative estimate of drug-likeness (QED) is 0.506. The summed E-state index contributed by atoms with van der Waals surface area (Å²) in [5.41, 5.74) is 1.21. The number of thiazole rings is 1. The number of carbonyl (C=O) groups is 1. The Morgan fingerprint density at radius 3 is 2.67 bits per heavy atom. The number of halogens is 1. The van der Waals surface area contributed by atoms with Crippen molar-refractivity contribution < 1.29 is 9.18 Å². The third-order valence-electron chi connectivity index (χ3n) is 2.79. The Morgan fingerprint density at radius 2 is 1.95 bits per heavy atom.